The Morgan fingerprint density at radius 1 is 1.58 bits per heavy atom. The summed E-state index contributed by atoms with van der Waals surface area (Å²) in [5.41, 5.74) is 5.61. The monoisotopic (exact) mass is 183 g/mol. The Kier molecular flexibility index (Phi) is 4.04. The second kappa shape index (κ2) is 5.11. The highest BCUT2D eigenvalue weighted by atomic mass is 32.2. The predicted molar refractivity (Wildman–Crippen MR) is 51.0 cm³/mol. The van der Waals surface area contributed by atoms with Crippen molar-refractivity contribution < 1.29 is 0 Å². The number of nitrogens with zero attached hydrogens (tertiary/aromatic N) is 2. The van der Waals surface area contributed by atoms with Crippen LogP contribution in [0.4, 0.5) is 0 Å². The molecule has 1 atom stereocenters. The van der Waals surface area contributed by atoms with E-state index in [2.05, 4.69) is 9.97 Å². The lowest BCUT2D eigenvalue weighted by molar-refractivity contribution is 0.721. The van der Waals surface area contributed by atoms with E-state index in [-0.39, 0.29) is 6.04 Å². The summed E-state index contributed by atoms with van der Waals surface area (Å²) in [5.74, 6) is 1.01. The third-order valence-electron chi connectivity index (χ3n) is 1.36. The van der Waals surface area contributed by atoms with Gasteiger partial charge in [0.25, 0.3) is 0 Å². The molecule has 1 unspecified atom stereocenters. The molecule has 0 amide bonds. The van der Waals surface area contributed by atoms with Crippen molar-refractivity contribution in [1.29, 1.82) is 0 Å². The van der Waals surface area contributed by atoms with Crippen LogP contribution in [0.15, 0.2) is 23.6 Å². The molecule has 0 saturated heterocycles. The molecule has 1 heterocycles. The third kappa shape index (κ3) is 3.69. The second-order valence-electron chi connectivity index (χ2n) is 2.66. The lowest BCUT2D eigenvalue weighted by atomic mass is 10.3. The minimum atomic E-state index is 0.272. The van der Waals surface area contributed by atoms with Crippen molar-refractivity contribution in [3.8, 4) is 0 Å². The summed E-state index contributed by atoms with van der Waals surface area (Å²) in [7, 11) is 0. The van der Waals surface area contributed by atoms with E-state index in [1.54, 1.807) is 30.4 Å². The number of hydrogen-bond donors (Lipinski definition) is 1. The molecule has 3 nitrogen and oxygen atoms in total. The largest absolute Gasteiger partial charge is 0.328 e. The summed E-state index contributed by atoms with van der Waals surface area (Å²) in [4.78, 5) is 8.10. The zero-order valence-electron chi connectivity index (χ0n) is 7.10. The van der Waals surface area contributed by atoms with E-state index in [1.807, 2.05) is 6.92 Å². The van der Waals surface area contributed by atoms with E-state index in [0.29, 0.717) is 0 Å². The van der Waals surface area contributed by atoms with Crippen molar-refractivity contribution in [2.45, 2.75) is 24.4 Å². The smallest absolute Gasteiger partial charge is 0.114 e. The van der Waals surface area contributed by atoms with E-state index in [0.717, 1.165) is 17.2 Å². The molecule has 4 heteroatoms. The first-order chi connectivity index (χ1) is 5.79. The molecule has 0 fully saturated rings. The molecule has 2 N–H and O–H groups in total. The van der Waals surface area contributed by atoms with E-state index in [1.165, 1.54) is 0 Å². The van der Waals surface area contributed by atoms with Gasteiger partial charge in [0.15, 0.2) is 0 Å². The second-order valence-corrected chi connectivity index (χ2v) is 3.77. The van der Waals surface area contributed by atoms with Crippen LogP contribution in [-0.4, -0.2) is 21.8 Å². The Morgan fingerprint density at radius 3 is 3.00 bits per heavy atom. The van der Waals surface area contributed by atoms with Gasteiger partial charge in [0, 0.05) is 24.2 Å². The Bertz CT molecular complexity index is 213. The topological polar surface area (TPSA) is 51.8 Å². The summed E-state index contributed by atoms with van der Waals surface area (Å²) in [6, 6.07) is 0.272. The van der Waals surface area contributed by atoms with Gasteiger partial charge in [-0.05, 0) is 13.3 Å². The van der Waals surface area contributed by atoms with E-state index < -0.39 is 0 Å². The van der Waals surface area contributed by atoms with Crippen LogP contribution in [0.3, 0.4) is 0 Å². The minimum Gasteiger partial charge on any atom is -0.328 e. The molecule has 0 saturated carbocycles. The van der Waals surface area contributed by atoms with Gasteiger partial charge >= 0.3 is 0 Å². The van der Waals surface area contributed by atoms with Crippen LogP contribution in [0.1, 0.15) is 13.3 Å². The summed E-state index contributed by atoms with van der Waals surface area (Å²) in [6.07, 6.45) is 6.16. The molecule has 66 valence electrons. The van der Waals surface area contributed by atoms with Gasteiger partial charge in [-0.25, -0.2) is 4.98 Å². The Labute approximate surface area is 76.8 Å². The average Bonchev–Trinajstić information content (AvgIpc) is 2.05. The Morgan fingerprint density at radius 2 is 2.42 bits per heavy atom. The van der Waals surface area contributed by atoms with E-state index >= 15 is 0 Å². The lowest BCUT2D eigenvalue weighted by Gasteiger charge is -2.02. The van der Waals surface area contributed by atoms with Gasteiger partial charge < -0.3 is 5.73 Å². The molecule has 0 aliphatic rings. The van der Waals surface area contributed by atoms with Gasteiger partial charge in [-0.2, -0.15) is 0 Å². The maximum atomic E-state index is 5.61. The lowest BCUT2D eigenvalue weighted by Crippen LogP contribution is -2.15. The molecular weight excluding hydrogens is 170 g/mol. The summed E-state index contributed by atoms with van der Waals surface area (Å²) < 4.78 is 0. The summed E-state index contributed by atoms with van der Waals surface area (Å²) >= 11 is 1.70. The maximum absolute atomic E-state index is 5.61. The van der Waals surface area contributed by atoms with Gasteiger partial charge in [0.05, 0.1) is 6.20 Å². The highest BCUT2D eigenvalue weighted by Gasteiger charge is 1.96. The first kappa shape index (κ1) is 9.48. The molecule has 0 spiro atoms. The van der Waals surface area contributed by atoms with Gasteiger partial charge in [0.1, 0.15) is 5.03 Å². The molecule has 1 aromatic rings. The fourth-order valence-electron chi connectivity index (χ4n) is 0.709. The van der Waals surface area contributed by atoms with Crippen LogP contribution < -0.4 is 5.73 Å². The van der Waals surface area contributed by atoms with E-state index in [9.17, 15) is 0 Å². The standard InChI is InChI=1S/C8H13N3S/c1-7(9)2-5-12-8-6-10-3-4-11-8/h3-4,6-7H,2,5,9H2,1H3. The van der Waals surface area contributed by atoms with Crippen LogP contribution >= 0.6 is 11.8 Å². The van der Waals surface area contributed by atoms with E-state index in [4.69, 9.17) is 5.73 Å². The molecule has 1 rings (SSSR count). The zero-order chi connectivity index (χ0) is 8.81. The third-order valence-corrected chi connectivity index (χ3v) is 2.31. The van der Waals surface area contributed by atoms with Crippen molar-refractivity contribution in [2.75, 3.05) is 5.75 Å². The summed E-state index contributed by atoms with van der Waals surface area (Å²) in [5, 5.41) is 0.971. The van der Waals surface area contributed by atoms with Crippen molar-refractivity contribution >= 4 is 11.8 Å². The molecule has 0 aliphatic heterocycles. The molecule has 0 bridgehead atoms. The highest BCUT2D eigenvalue weighted by Crippen LogP contribution is 2.14. The molecule has 0 aromatic carbocycles. The number of thioether (sulfide) groups is 1. The van der Waals surface area contributed by atoms with Crippen LogP contribution in [0, 0.1) is 0 Å². The van der Waals surface area contributed by atoms with Gasteiger partial charge in [-0.15, -0.1) is 11.8 Å². The number of hydrogen-bond acceptors (Lipinski definition) is 4. The highest BCUT2D eigenvalue weighted by molar-refractivity contribution is 7.99. The fourth-order valence-corrected chi connectivity index (χ4v) is 1.68. The van der Waals surface area contributed by atoms with Crippen molar-refractivity contribution in [3.05, 3.63) is 18.6 Å². The maximum Gasteiger partial charge on any atom is 0.114 e. The van der Waals surface area contributed by atoms with Crippen LogP contribution in [0.25, 0.3) is 0 Å². The SMILES string of the molecule is CC(N)CCSc1cnccn1. The number of rotatable bonds is 4. The normalized spacial score (nSPS) is 12.8. The Balaban J connectivity index is 2.25. The quantitative estimate of drug-likeness (QED) is 0.715. The predicted octanol–water partition coefficient (Wildman–Crippen LogP) is 1.31. The van der Waals surface area contributed by atoms with Crippen LogP contribution in [-0.2, 0) is 0 Å². The van der Waals surface area contributed by atoms with Gasteiger partial charge in [-0.3, -0.25) is 4.98 Å². The minimum absolute atomic E-state index is 0.272. The zero-order valence-corrected chi connectivity index (χ0v) is 7.92. The van der Waals surface area contributed by atoms with Gasteiger partial charge in [-0.1, -0.05) is 0 Å². The van der Waals surface area contributed by atoms with Crippen molar-refractivity contribution in [3.63, 3.8) is 0 Å². The van der Waals surface area contributed by atoms with Crippen molar-refractivity contribution in [1.82, 2.24) is 9.97 Å². The molecular formula is C8H13N3S. The summed E-state index contributed by atoms with van der Waals surface area (Å²) in [6.45, 7) is 2.01. The molecule has 0 aliphatic carbocycles. The number of aromatic nitrogens is 2. The van der Waals surface area contributed by atoms with Gasteiger partial charge in [0.2, 0.25) is 0 Å². The van der Waals surface area contributed by atoms with Crippen LogP contribution in [0.5, 0.6) is 0 Å². The molecule has 0 radical (unpaired) electrons. The first-order valence-electron chi connectivity index (χ1n) is 3.93. The number of nitrogens with two attached hydrogens (primary N) is 1. The molecule has 1 aromatic heterocycles. The first-order valence-corrected chi connectivity index (χ1v) is 4.92. The fraction of sp³-hybridized carbons (Fsp3) is 0.500. The van der Waals surface area contributed by atoms with Crippen molar-refractivity contribution in [2.24, 2.45) is 5.73 Å². The Hall–Kier alpha value is -0.610. The molecule has 12 heavy (non-hydrogen) atoms. The average molecular weight is 183 g/mol. The van der Waals surface area contributed by atoms with Crippen LogP contribution in [0.2, 0.25) is 0 Å².